The molecule has 0 fully saturated rings. The van der Waals surface area contributed by atoms with Gasteiger partial charge in [0.25, 0.3) is 0 Å². The topological polar surface area (TPSA) is 35.5 Å². The second-order valence-electron chi connectivity index (χ2n) is 4.57. The van der Waals surface area contributed by atoms with Crippen molar-refractivity contribution in [2.75, 3.05) is 6.61 Å². The van der Waals surface area contributed by atoms with Crippen molar-refractivity contribution in [3.8, 4) is 5.75 Å². The van der Waals surface area contributed by atoms with Crippen molar-refractivity contribution < 1.29 is 14.3 Å². The molecule has 0 aliphatic rings. The predicted molar refractivity (Wildman–Crippen MR) is 71.9 cm³/mol. The summed E-state index contributed by atoms with van der Waals surface area (Å²) in [5.41, 5.74) is 0.108. The molecule has 0 saturated carbocycles. The molecule has 0 N–H and O–H groups in total. The minimum Gasteiger partial charge on any atom is -0.484 e. The first kappa shape index (κ1) is 14.3. The van der Waals surface area contributed by atoms with Crippen LogP contribution in [0.5, 0.6) is 5.75 Å². The Labute approximate surface area is 108 Å². The molecule has 1 rings (SSSR count). The predicted octanol–water partition coefficient (Wildman–Crippen LogP) is 3.60. The molecule has 0 saturated heterocycles. The zero-order chi connectivity index (χ0) is 13.6. The number of carbonyl (C=O) groups is 1. The van der Waals surface area contributed by atoms with Gasteiger partial charge in [-0.1, -0.05) is 13.5 Å². The molecule has 3 nitrogen and oxygen atoms in total. The number of rotatable bonds is 6. The van der Waals surface area contributed by atoms with Crippen LogP contribution in [0.1, 0.15) is 37.6 Å². The molecule has 0 aliphatic carbocycles. The van der Waals surface area contributed by atoms with E-state index in [9.17, 15) is 4.79 Å². The van der Waals surface area contributed by atoms with Crippen LogP contribution >= 0.6 is 0 Å². The minimum absolute atomic E-state index is 0.300. The van der Waals surface area contributed by atoms with E-state index < -0.39 is 5.60 Å². The van der Waals surface area contributed by atoms with Crippen molar-refractivity contribution in [3.05, 3.63) is 42.5 Å². The molecule has 1 aromatic carbocycles. The van der Waals surface area contributed by atoms with Crippen molar-refractivity contribution in [1.29, 1.82) is 0 Å². The molecule has 0 unspecified atom stereocenters. The van der Waals surface area contributed by atoms with Gasteiger partial charge in [-0.05, 0) is 50.6 Å². The van der Waals surface area contributed by atoms with Gasteiger partial charge in [-0.3, -0.25) is 0 Å². The lowest BCUT2D eigenvalue weighted by Gasteiger charge is -2.22. The van der Waals surface area contributed by atoms with Gasteiger partial charge >= 0.3 is 5.97 Å². The molecule has 0 radical (unpaired) electrons. The Kier molecular flexibility index (Phi) is 4.95. The third kappa shape index (κ3) is 4.24. The minimum atomic E-state index is -0.426. The Balaban J connectivity index is 2.68. The summed E-state index contributed by atoms with van der Waals surface area (Å²) in [7, 11) is 0. The lowest BCUT2D eigenvalue weighted by molar-refractivity contribution is 0.0505. The summed E-state index contributed by atoms with van der Waals surface area (Å²) in [6, 6.07) is 6.92. The highest BCUT2D eigenvalue weighted by Crippen LogP contribution is 2.19. The first-order valence-electron chi connectivity index (χ1n) is 6.08. The summed E-state index contributed by atoms with van der Waals surface area (Å²) in [6.07, 6.45) is 2.55. The van der Waals surface area contributed by atoms with Crippen molar-refractivity contribution >= 4 is 5.97 Å². The van der Waals surface area contributed by atoms with E-state index in [0.29, 0.717) is 17.9 Å². The van der Waals surface area contributed by atoms with E-state index in [1.54, 1.807) is 30.3 Å². The number of hydrogen-bond acceptors (Lipinski definition) is 3. The lowest BCUT2D eigenvalue weighted by Crippen LogP contribution is -2.24. The van der Waals surface area contributed by atoms with Gasteiger partial charge in [0.1, 0.15) is 11.4 Å². The largest absolute Gasteiger partial charge is 0.484 e. The Bertz CT molecular complexity index is 404. The second kappa shape index (κ2) is 6.24. The second-order valence-corrected chi connectivity index (χ2v) is 4.57. The van der Waals surface area contributed by atoms with Crippen LogP contribution in [0.4, 0.5) is 0 Å². The maximum absolute atomic E-state index is 11.6. The molecule has 98 valence electrons. The normalized spacial score (nSPS) is 10.8. The van der Waals surface area contributed by atoms with Crippen LogP contribution in [0.3, 0.4) is 0 Å². The van der Waals surface area contributed by atoms with Crippen LogP contribution in [0.25, 0.3) is 0 Å². The van der Waals surface area contributed by atoms with Gasteiger partial charge in [-0.15, -0.1) is 0 Å². The Morgan fingerprint density at radius 2 is 1.94 bits per heavy atom. The lowest BCUT2D eigenvalue weighted by atomic mass is 10.1. The first-order chi connectivity index (χ1) is 8.48. The summed E-state index contributed by atoms with van der Waals surface area (Å²) in [5.74, 6) is 0.401. The maximum Gasteiger partial charge on any atom is 0.338 e. The van der Waals surface area contributed by atoms with E-state index in [-0.39, 0.29) is 5.97 Å². The molecule has 0 amide bonds. The molecule has 0 bridgehead atoms. The number of hydrogen-bond donors (Lipinski definition) is 0. The third-order valence-corrected chi connectivity index (χ3v) is 2.40. The van der Waals surface area contributed by atoms with E-state index in [1.165, 1.54) is 0 Å². The van der Waals surface area contributed by atoms with Crippen LogP contribution in [0, 0.1) is 0 Å². The van der Waals surface area contributed by atoms with Gasteiger partial charge < -0.3 is 9.47 Å². The fourth-order valence-electron chi connectivity index (χ4n) is 1.28. The van der Waals surface area contributed by atoms with Crippen LogP contribution in [0.2, 0.25) is 0 Å². The van der Waals surface area contributed by atoms with E-state index in [4.69, 9.17) is 9.47 Å². The van der Waals surface area contributed by atoms with Gasteiger partial charge in [0.15, 0.2) is 0 Å². The number of ether oxygens (including phenoxy) is 2. The average Bonchev–Trinajstić information content (AvgIpc) is 2.36. The van der Waals surface area contributed by atoms with Crippen LogP contribution in [-0.2, 0) is 4.74 Å². The highest BCUT2D eigenvalue weighted by molar-refractivity contribution is 5.89. The fraction of sp³-hybridized carbons (Fsp3) is 0.400. The van der Waals surface area contributed by atoms with Crippen LogP contribution < -0.4 is 4.74 Å². The Morgan fingerprint density at radius 3 is 2.44 bits per heavy atom. The van der Waals surface area contributed by atoms with Gasteiger partial charge in [0.2, 0.25) is 0 Å². The van der Waals surface area contributed by atoms with E-state index in [0.717, 1.165) is 6.42 Å². The highest BCUT2D eigenvalue weighted by Gasteiger charge is 2.15. The molecule has 0 aliphatic heterocycles. The van der Waals surface area contributed by atoms with Crippen molar-refractivity contribution in [1.82, 2.24) is 0 Å². The average molecular weight is 248 g/mol. The summed E-state index contributed by atoms with van der Waals surface area (Å²) in [5, 5.41) is 0. The quantitative estimate of drug-likeness (QED) is 0.570. The molecule has 1 aromatic rings. The van der Waals surface area contributed by atoms with Crippen molar-refractivity contribution in [2.24, 2.45) is 0 Å². The first-order valence-corrected chi connectivity index (χ1v) is 6.08. The van der Waals surface area contributed by atoms with Gasteiger partial charge in [0, 0.05) is 0 Å². The zero-order valence-corrected chi connectivity index (χ0v) is 11.2. The molecule has 0 atom stereocenters. The summed E-state index contributed by atoms with van der Waals surface area (Å²) in [6.45, 7) is 9.95. The molecule has 0 aromatic heterocycles. The molecule has 18 heavy (non-hydrogen) atoms. The highest BCUT2D eigenvalue weighted by atomic mass is 16.5. The van der Waals surface area contributed by atoms with E-state index in [2.05, 4.69) is 6.58 Å². The Morgan fingerprint density at radius 1 is 1.33 bits per heavy atom. The number of benzene rings is 1. The monoisotopic (exact) mass is 248 g/mol. The molecule has 3 heteroatoms. The van der Waals surface area contributed by atoms with Gasteiger partial charge in [-0.2, -0.15) is 0 Å². The van der Waals surface area contributed by atoms with Crippen LogP contribution in [0.15, 0.2) is 36.9 Å². The van der Waals surface area contributed by atoms with Crippen LogP contribution in [-0.4, -0.2) is 18.2 Å². The van der Waals surface area contributed by atoms with E-state index >= 15 is 0 Å². The Hall–Kier alpha value is -1.77. The van der Waals surface area contributed by atoms with Gasteiger partial charge in [-0.25, -0.2) is 4.79 Å². The standard InChI is InChI=1S/C15H20O3/c1-5-11-17-14(16)12-7-9-13(10-8-12)18-15(3,4)6-2/h6-10H,2,5,11H2,1,3-4H3. The van der Waals surface area contributed by atoms with Crippen molar-refractivity contribution in [2.45, 2.75) is 32.8 Å². The molecule has 0 spiro atoms. The summed E-state index contributed by atoms with van der Waals surface area (Å²) >= 11 is 0. The molecule has 0 heterocycles. The third-order valence-electron chi connectivity index (χ3n) is 2.40. The zero-order valence-electron chi connectivity index (χ0n) is 11.2. The summed E-state index contributed by atoms with van der Waals surface area (Å²) in [4.78, 5) is 11.6. The fourth-order valence-corrected chi connectivity index (χ4v) is 1.28. The molecular weight excluding hydrogens is 228 g/mol. The number of esters is 1. The summed E-state index contributed by atoms with van der Waals surface area (Å²) < 4.78 is 10.7. The molecular formula is C15H20O3. The smallest absolute Gasteiger partial charge is 0.338 e. The van der Waals surface area contributed by atoms with Gasteiger partial charge in [0.05, 0.1) is 12.2 Å². The van der Waals surface area contributed by atoms with Crippen molar-refractivity contribution in [3.63, 3.8) is 0 Å². The number of carbonyl (C=O) groups excluding carboxylic acids is 1. The SMILES string of the molecule is C=CC(C)(C)Oc1ccc(C(=O)OCCC)cc1. The maximum atomic E-state index is 11.6. The van der Waals surface area contributed by atoms with E-state index in [1.807, 2.05) is 20.8 Å².